The van der Waals surface area contributed by atoms with Crippen LogP contribution in [0.5, 0.6) is 0 Å². The normalized spacial score (nSPS) is 14.7. The Morgan fingerprint density at radius 1 is 1.22 bits per heavy atom. The molecule has 1 aliphatic rings. The number of carbonyl (C=O) groups is 1. The van der Waals surface area contributed by atoms with Crippen LogP contribution in [0.2, 0.25) is 0 Å². The van der Waals surface area contributed by atoms with Gasteiger partial charge < -0.3 is 9.84 Å². The van der Waals surface area contributed by atoms with Crippen LogP contribution in [0.25, 0.3) is 11.4 Å². The van der Waals surface area contributed by atoms with Crippen molar-refractivity contribution in [2.45, 2.75) is 32.1 Å². The molecule has 3 rings (SSSR count). The molecule has 1 N–H and O–H groups in total. The molecule has 1 aromatic carbocycles. The van der Waals surface area contributed by atoms with Gasteiger partial charge in [-0.25, -0.2) is 0 Å². The molecule has 1 amide bonds. The summed E-state index contributed by atoms with van der Waals surface area (Å²) in [6.45, 7) is 0. The average Bonchev–Trinajstić information content (AvgIpc) is 3.07. The molecular formula is C16H15F2N3O2. The van der Waals surface area contributed by atoms with E-state index in [-0.39, 0.29) is 11.7 Å². The lowest BCUT2D eigenvalue weighted by atomic mass is 9.99. The van der Waals surface area contributed by atoms with E-state index in [0.29, 0.717) is 11.3 Å². The van der Waals surface area contributed by atoms with Gasteiger partial charge in [0, 0.05) is 16.8 Å². The van der Waals surface area contributed by atoms with E-state index >= 15 is 0 Å². The zero-order valence-corrected chi connectivity index (χ0v) is 12.3. The summed E-state index contributed by atoms with van der Waals surface area (Å²) in [7, 11) is 0. The Kier molecular flexibility index (Phi) is 4.45. The van der Waals surface area contributed by atoms with Gasteiger partial charge in [-0.05, 0) is 49.9 Å². The first-order chi connectivity index (χ1) is 11.1. The first kappa shape index (κ1) is 15.3. The van der Waals surface area contributed by atoms with Crippen LogP contribution in [0.1, 0.15) is 38.0 Å². The molecule has 1 aromatic heterocycles. The van der Waals surface area contributed by atoms with Gasteiger partial charge in [-0.3, -0.25) is 4.79 Å². The van der Waals surface area contributed by atoms with Gasteiger partial charge in [0.1, 0.15) is 0 Å². The molecule has 120 valence electrons. The van der Waals surface area contributed by atoms with E-state index in [2.05, 4.69) is 20.0 Å². The maximum atomic E-state index is 12.4. The second-order valence-corrected chi connectivity index (χ2v) is 5.26. The topological polar surface area (TPSA) is 68.0 Å². The molecule has 0 saturated heterocycles. The quantitative estimate of drug-likeness (QED) is 0.920. The van der Waals surface area contributed by atoms with E-state index in [9.17, 15) is 13.6 Å². The number of rotatable bonds is 4. The van der Waals surface area contributed by atoms with Crippen molar-refractivity contribution < 1.29 is 18.1 Å². The molecule has 0 spiro atoms. The van der Waals surface area contributed by atoms with E-state index in [4.69, 9.17) is 0 Å². The number of allylic oxidation sites excluding steroid dienone is 1. The minimum Gasteiger partial charge on any atom is -0.333 e. The molecule has 0 unspecified atom stereocenters. The van der Waals surface area contributed by atoms with E-state index in [1.54, 1.807) is 24.3 Å². The third-order valence-corrected chi connectivity index (χ3v) is 3.61. The molecule has 0 aliphatic heterocycles. The average molecular weight is 319 g/mol. The smallest absolute Gasteiger partial charge is 0.315 e. The third-order valence-electron chi connectivity index (χ3n) is 3.61. The lowest BCUT2D eigenvalue weighted by Gasteiger charge is -2.12. The Morgan fingerprint density at radius 2 is 2.00 bits per heavy atom. The first-order valence-electron chi connectivity index (χ1n) is 7.36. The van der Waals surface area contributed by atoms with E-state index < -0.39 is 12.3 Å². The number of halogens is 2. The number of alkyl halides is 2. The number of aromatic nitrogens is 2. The molecule has 0 bridgehead atoms. The van der Waals surface area contributed by atoms with Gasteiger partial charge in [-0.1, -0.05) is 11.2 Å². The van der Waals surface area contributed by atoms with Crippen LogP contribution in [0.15, 0.2) is 40.4 Å². The van der Waals surface area contributed by atoms with Crippen LogP contribution in [0.4, 0.5) is 14.5 Å². The van der Waals surface area contributed by atoms with Crippen molar-refractivity contribution in [2.24, 2.45) is 0 Å². The standard InChI is InChI=1S/C16H15F2N3O2/c17-13(18)16-20-14(21-23-16)10-6-8-12(9-7-10)19-15(22)11-4-2-1-3-5-11/h4,6-9,13H,1-3,5H2,(H,19,22). The molecule has 0 atom stereocenters. The SMILES string of the molecule is O=C(Nc1ccc(-c2noc(C(F)F)n2)cc1)C1=CCCCC1. The molecular weight excluding hydrogens is 304 g/mol. The number of nitrogens with zero attached hydrogens (tertiary/aromatic N) is 2. The van der Waals surface area contributed by atoms with Gasteiger partial charge in [0.25, 0.3) is 11.8 Å². The zero-order valence-electron chi connectivity index (χ0n) is 12.3. The summed E-state index contributed by atoms with van der Waals surface area (Å²) in [6, 6.07) is 6.64. The highest BCUT2D eigenvalue weighted by Gasteiger charge is 2.17. The molecule has 0 fully saturated rings. The Balaban J connectivity index is 1.69. The van der Waals surface area contributed by atoms with Crippen molar-refractivity contribution in [3.63, 3.8) is 0 Å². The Hall–Kier alpha value is -2.57. The lowest BCUT2D eigenvalue weighted by Crippen LogP contribution is -2.15. The van der Waals surface area contributed by atoms with Gasteiger partial charge in [0.15, 0.2) is 0 Å². The summed E-state index contributed by atoms with van der Waals surface area (Å²) in [5, 5.41) is 6.33. The molecule has 1 heterocycles. The van der Waals surface area contributed by atoms with Crippen LogP contribution < -0.4 is 5.32 Å². The fourth-order valence-electron chi connectivity index (χ4n) is 2.40. The number of carbonyl (C=O) groups excluding carboxylic acids is 1. The highest BCUT2D eigenvalue weighted by Crippen LogP contribution is 2.23. The van der Waals surface area contributed by atoms with Gasteiger partial charge >= 0.3 is 6.43 Å². The molecule has 7 heteroatoms. The monoisotopic (exact) mass is 319 g/mol. The maximum absolute atomic E-state index is 12.4. The highest BCUT2D eigenvalue weighted by molar-refractivity contribution is 6.03. The van der Waals surface area contributed by atoms with Crippen LogP contribution in [0, 0.1) is 0 Å². The van der Waals surface area contributed by atoms with Gasteiger partial charge in [0.2, 0.25) is 5.82 Å². The Morgan fingerprint density at radius 3 is 2.61 bits per heavy atom. The molecule has 0 saturated carbocycles. The lowest BCUT2D eigenvalue weighted by molar-refractivity contribution is -0.113. The van der Waals surface area contributed by atoms with Gasteiger partial charge in [0.05, 0.1) is 0 Å². The molecule has 0 radical (unpaired) electrons. The van der Waals surface area contributed by atoms with Crippen molar-refractivity contribution in [2.75, 3.05) is 5.32 Å². The summed E-state index contributed by atoms with van der Waals surface area (Å²) in [4.78, 5) is 15.7. The van der Waals surface area contributed by atoms with Crippen molar-refractivity contribution in [3.05, 3.63) is 41.8 Å². The van der Waals surface area contributed by atoms with E-state index in [1.807, 2.05) is 6.08 Å². The predicted octanol–water partition coefficient (Wildman–Crippen LogP) is 4.11. The Labute approximate surface area is 131 Å². The number of hydrogen-bond acceptors (Lipinski definition) is 4. The maximum Gasteiger partial charge on any atom is 0.315 e. The number of anilines is 1. The van der Waals surface area contributed by atoms with Crippen LogP contribution in [0.3, 0.4) is 0 Å². The highest BCUT2D eigenvalue weighted by atomic mass is 19.3. The fourth-order valence-corrected chi connectivity index (χ4v) is 2.40. The second kappa shape index (κ2) is 6.68. The summed E-state index contributed by atoms with van der Waals surface area (Å²) < 4.78 is 29.3. The number of nitrogens with one attached hydrogen (secondary N) is 1. The van der Waals surface area contributed by atoms with Crippen LogP contribution >= 0.6 is 0 Å². The fraction of sp³-hybridized carbons (Fsp3) is 0.312. The third kappa shape index (κ3) is 3.61. The number of benzene rings is 1. The van der Waals surface area contributed by atoms with E-state index in [1.165, 1.54) is 0 Å². The van der Waals surface area contributed by atoms with Crippen molar-refractivity contribution >= 4 is 11.6 Å². The van der Waals surface area contributed by atoms with Crippen molar-refractivity contribution in [1.82, 2.24) is 10.1 Å². The van der Waals surface area contributed by atoms with Crippen molar-refractivity contribution in [3.8, 4) is 11.4 Å². The predicted molar refractivity (Wildman–Crippen MR) is 79.9 cm³/mol. The van der Waals surface area contributed by atoms with Gasteiger partial charge in [-0.2, -0.15) is 13.8 Å². The van der Waals surface area contributed by atoms with E-state index in [0.717, 1.165) is 31.3 Å². The molecule has 5 nitrogen and oxygen atoms in total. The van der Waals surface area contributed by atoms with Crippen molar-refractivity contribution in [1.29, 1.82) is 0 Å². The van der Waals surface area contributed by atoms with Crippen LogP contribution in [-0.4, -0.2) is 16.0 Å². The zero-order chi connectivity index (χ0) is 16.2. The first-order valence-corrected chi connectivity index (χ1v) is 7.36. The minimum absolute atomic E-state index is 0.0909. The summed E-state index contributed by atoms with van der Waals surface area (Å²) in [5.74, 6) is -0.716. The van der Waals surface area contributed by atoms with Crippen LogP contribution in [-0.2, 0) is 4.79 Å². The number of hydrogen-bond donors (Lipinski definition) is 1. The summed E-state index contributed by atoms with van der Waals surface area (Å²) in [6.07, 6.45) is 3.06. The summed E-state index contributed by atoms with van der Waals surface area (Å²) >= 11 is 0. The molecule has 2 aromatic rings. The molecule has 1 aliphatic carbocycles. The van der Waals surface area contributed by atoms with Gasteiger partial charge in [-0.15, -0.1) is 0 Å². The second-order valence-electron chi connectivity index (χ2n) is 5.26. The number of amides is 1. The Bertz CT molecular complexity index is 723. The minimum atomic E-state index is -2.79. The molecule has 23 heavy (non-hydrogen) atoms. The largest absolute Gasteiger partial charge is 0.333 e. The summed E-state index contributed by atoms with van der Waals surface area (Å²) in [5.41, 5.74) is 1.97.